The van der Waals surface area contributed by atoms with Crippen molar-refractivity contribution in [3.8, 4) is 11.3 Å². The highest BCUT2D eigenvalue weighted by Crippen LogP contribution is 2.24. The van der Waals surface area contributed by atoms with Gasteiger partial charge in [0.15, 0.2) is 12.2 Å². The molecule has 2 amide bonds. The van der Waals surface area contributed by atoms with E-state index in [2.05, 4.69) is 10.3 Å². The fraction of sp³-hybridized carbons (Fsp3) is 0.353. The van der Waals surface area contributed by atoms with E-state index in [1.165, 1.54) is 6.39 Å². The quantitative estimate of drug-likeness (QED) is 0.941. The molecule has 1 unspecified atom stereocenters. The molecule has 2 heterocycles. The lowest BCUT2D eigenvalue weighted by molar-refractivity contribution is -0.129. The van der Waals surface area contributed by atoms with E-state index in [0.29, 0.717) is 18.0 Å². The van der Waals surface area contributed by atoms with Crippen molar-refractivity contribution in [1.29, 1.82) is 0 Å². The van der Waals surface area contributed by atoms with Gasteiger partial charge < -0.3 is 14.6 Å². The van der Waals surface area contributed by atoms with Crippen LogP contribution in [0.5, 0.6) is 0 Å². The van der Waals surface area contributed by atoms with E-state index in [1.54, 1.807) is 11.1 Å². The minimum Gasteiger partial charge on any atom is -0.444 e. The summed E-state index contributed by atoms with van der Waals surface area (Å²) in [5.41, 5.74) is 1.59. The minimum atomic E-state index is -0.293. The van der Waals surface area contributed by atoms with E-state index < -0.39 is 0 Å². The van der Waals surface area contributed by atoms with Crippen molar-refractivity contribution in [1.82, 2.24) is 9.88 Å². The van der Waals surface area contributed by atoms with Crippen LogP contribution >= 0.6 is 0 Å². The lowest BCUT2D eigenvalue weighted by Crippen LogP contribution is -2.33. The van der Waals surface area contributed by atoms with Gasteiger partial charge in [0.1, 0.15) is 0 Å². The Morgan fingerprint density at radius 3 is 2.65 bits per heavy atom. The normalized spacial score (nSPS) is 17.8. The van der Waals surface area contributed by atoms with E-state index in [0.717, 1.165) is 5.56 Å². The number of aromatic nitrogens is 1. The van der Waals surface area contributed by atoms with Crippen LogP contribution in [-0.4, -0.2) is 34.3 Å². The second kappa shape index (κ2) is 6.24. The van der Waals surface area contributed by atoms with E-state index in [-0.39, 0.29) is 30.2 Å². The van der Waals surface area contributed by atoms with Gasteiger partial charge in [0, 0.05) is 30.3 Å². The van der Waals surface area contributed by atoms with Gasteiger partial charge in [-0.3, -0.25) is 9.59 Å². The summed E-state index contributed by atoms with van der Waals surface area (Å²) in [7, 11) is 0. The maximum absolute atomic E-state index is 12.3. The van der Waals surface area contributed by atoms with Crippen LogP contribution in [-0.2, 0) is 9.59 Å². The van der Waals surface area contributed by atoms with Gasteiger partial charge in [-0.05, 0) is 38.1 Å². The molecule has 23 heavy (non-hydrogen) atoms. The second-order valence-corrected chi connectivity index (χ2v) is 5.97. The lowest BCUT2D eigenvalue weighted by Gasteiger charge is -2.20. The van der Waals surface area contributed by atoms with Crippen molar-refractivity contribution >= 4 is 17.5 Å². The van der Waals surface area contributed by atoms with Crippen LogP contribution in [0.1, 0.15) is 20.3 Å². The number of hydrogen-bond donors (Lipinski definition) is 1. The Morgan fingerprint density at radius 2 is 2.09 bits per heavy atom. The summed E-state index contributed by atoms with van der Waals surface area (Å²) in [5, 5.41) is 2.87. The third kappa shape index (κ3) is 3.26. The zero-order valence-corrected chi connectivity index (χ0v) is 13.2. The van der Waals surface area contributed by atoms with Gasteiger partial charge in [0.25, 0.3) is 0 Å². The first-order valence-corrected chi connectivity index (χ1v) is 7.64. The summed E-state index contributed by atoms with van der Waals surface area (Å²) < 4.78 is 5.23. The third-order valence-corrected chi connectivity index (χ3v) is 4.02. The Morgan fingerprint density at radius 1 is 1.35 bits per heavy atom. The highest BCUT2D eigenvalue weighted by molar-refractivity contribution is 5.97. The Balaban J connectivity index is 1.63. The fourth-order valence-corrected chi connectivity index (χ4v) is 2.73. The molecular formula is C17H19N3O3. The molecule has 0 spiro atoms. The second-order valence-electron chi connectivity index (χ2n) is 5.97. The van der Waals surface area contributed by atoms with Crippen LogP contribution in [0, 0.1) is 5.92 Å². The maximum Gasteiger partial charge on any atom is 0.229 e. The molecule has 0 radical (unpaired) electrons. The number of hydrogen-bond acceptors (Lipinski definition) is 4. The fourth-order valence-electron chi connectivity index (χ4n) is 2.73. The van der Waals surface area contributed by atoms with E-state index in [9.17, 15) is 9.59 Å². The molecule has 1 N–H and O–H groups in total. The van der Waals surface area contributed by atoms with Gasteiger partial charge in [-0.25, -0.2) is 4.98 Å². The average molecular weight is 313 g/mol. The number of likely N-dealkylation sites (tertiary alicyclic amines) is 1. The molecule has 0 aliphatic carbocycles. The third-order valence-electron chi connectivity index (χ3n) is 4.02. The van der Waals surface area contributed by atoms with Gasteiger partial charge in [-0.1, -0.05) is 0 Å². The zero-order chi connectivity index (χ0) is 16.4. The van der Waals surface area contributed by atoms with Crippen molar-refractivity contribution in [2.75, 3.05) is 11.9 Å². The molecule has 2 aromatic rings. The number of rotatable bonds is 4. The molecule has 1 saturated heterocycles. The summed E-state index contributed by atoms with van der Waals surface area (Å²) in [4.78, 5) is 29.8. The molecule has 0 bridgehead atoms. The van der Waals surface area contributed by atoms with E-state index in [1.807, 2.05) is 38.1 Å². The van der Waals surface area contributed by atoms with E-state index >= 15 is 0 Å². The summed E-state index contributed by atoms with van der Waals surface area (Å²) >= 11 is 0. The van der Waals surface area contributed by atoms with Crippen molar-refractivity contribution in [3.05, 3.63) is 36.9 Å². The number of anilines is 1. The van der Waals surface area contributed by atoms with Gasteiger partial charge >= 0.3 is 0 Å². The molecule has 1 aliphatic heterocycles. The number of carbonyl (C=O) groups is 2. The number of nitrogens with one attached hydrogen (secondary N) is 1. The summed E-state index contributed by atoms with van der Waals surface area (Å²) in [6.45, 7) is 4.40. The zero-order valence-electron chi connectivity index (χ0n) is 13.2. The molecular weight excluding hydrogens is 294 g/mol. The predicted molar refractivity (Wildman–Crippen MR) is 85.5 cm³/mol. The molecule has 1 aliphatic rings. The number of carbonyl (C=O) groups excluding carboxylic acids is 2. The van der Waals surface area contributed by atoms with Crippen LogP contribution in [0.3, 0.4) is 0 Å². The Kier molecular flexibility index (Phi) is 4.14. The van der Waals surface area contributed by atoms with Crippen LogP contribution < -0.4 is 5.32 Å². The number of amides is 2. The average Bonchev–Trinajstić information content (AvgIpc) is 3.17. The van der Waals surface area contributed by atoms with Gasteiger partial charge in [-0.2, -0.15) is 0 Å². The monoisotopic (exact) mass is 313 g/mol. The molecule has 120 valence electrons. The van der Waals surface area contributed by atoms with Crippen molar-refractivity contribution in [2.24, 2.45) is 5.92 Å². The molecule has 3 rings (SSSR count). The molecule has 0 saturated carbocycles. The predicted octanol–water partition coefficient (Wildman–Crippen LogP) is 2.54. The highest BCUT2D eigenvalue weighted by Gasteiger charge is 2.35. The van der Waals surface area contributed by atoms with Crippen molar-refractivity contribution < 1.29 is 14.0 Å². The Hall–Kier alpha value is -2.63. The van der Waals surface area contributed by atoms with Crippen LogP contribution in [0.4, 0.5) is 5.69 Å². The lowest BCUT2D eigenvalue weighted by atomic mass is 10.1. The van der Waals surface area contributed by atoms with Gasteiger partial charge in [-0.15, -0.1) is 0 Å². The van der Waals surface area contributed by atoms with Crippen LogP contribution in [0.25, 0.3) is 11.3 Å². The molecule has 6 heteroatoms. The first-order valence-electron chi connectivity index (χ1n) is 7.64. The molecule has 1 atom stereocenters. The molecule has 1 aromatic carbocycles. The smallest absolute Gasteiger partial charge is 0.229 e. The molecule has 1 aromatic heterocycles. The van der Waals surface area contributed by atoms with Gasteiger partial charge in [0.2, 0.25) is 11.8 Å². The summed E-state index contributed by atoms with van der Waals surface area (Å²) in [6.07, 6.45) is 3.29. The molecule has 1 fully saturated rings. The minimum absolute atomic E-state index is 0.0424. The largest absolute Gasteiger partial charge is 0.444 e. The van der Waals surface area contributed by atoms with Gasteiger partial charge in [0.05, 0.1) is 12.1 Å². The first kappa shape index (κ1) is 15.3. The summed E-state index contributed by atoms with van der Waals surface area (Å²) in [5.74, 6) is 0.311. The van der Waals surface area contributed by atoms with Crippen molar-refractivity contribution in [2.45, 2.75) is 26.3 Å². The van der Waals surface area contributed by atoms with Crippen LogP contribution in [0.15, 0.2) is 41.3 Å². The standard InChI is InChI=1S/C17H19N3O3/c1-11(2)20-9-13(7-16(20)21)17(22)19-14-5-3-12(4-6-14)15-8-18-10-23-15/h3-6,8,10-11,13H,7,9H2,1-2H3,(H,19,22). The van der Waals surface area contributed by atoms with Crippen LogP contribution in [0.2, 0.25) is 0 Å². The molecule has 6 nitrogen and oxygen atoms in total. The summed E-state index contributed by atoms with van der Waals surface area (Å²) in [6, 6.07) is 7.47. The SMILES string of the molecule is CC(C)N1CC(C(=O)Nc2ccc(-c3cnco3)cc2)CC1=O. The Labute approximate surface area is 134 Å². The maximum atomic E-state index is 12.3. The number of benzene rings is 1. The number of oxazole rings is 1. The number of nitrogens with zero attached hydrogens (tertiary/aromatic N) is 2. The highest BCUT2D eigenvalue weighted by atomic mass is 16.3. The topological polar surface area (TPSA) is 75.4 Å². The Bertz CT molecular complexity index is 692. The van der Waals surface area contributed by atoms with E-state index in [4.69, 9.17) is 4.42 Å². The first-order chi connectivity index (χ1) is 11.0. The van der Waals surface area contributed by atoms with Crippen molar-refractivity contribution in [3.63, 3.8) is 0 Å².